The van der Waals surface area contributed by atoms with Gasteiger partial charge in [-0.15, -0.1) is 0 Å². The molecule has 0 spiro atoms. The average Bonchev–Trinajstić information content (AvgIpc) is 2.28. The molecule has 0 aliphatic carbocycles. The molecule has 0 saturated heterocycles. The van der Waals surface area contributed by atoms with Gasteiger partial charge >= 0.3 is 5.97 Å². The van der Waals surface area contributed by atoms with Crippen molar-refractivity contribution in [3.8, 4) is 0 Å². The van der Waals surface area contributed by atoms with Crippen LogP contribution in [0.2, 0.25) is 0 Å². The molecule has 0 aliphatic rings. The van der Waals surface area contributed by atoms with Gasteiger partial charge in [-0.1, -0.05) is 38.1 Å². The molecule has 3 N–H and O–H groups in total. The number of aliphatic hydroxyl groups excluding tert-OH is 1. The minimum absolute atomic E-state index is 0.136. The Bertz CT molecular complexity index is 373. The molecule has 0 aliphatic heterocycles. The van der Waals surface area contributed by atoms with E-state index in [1.165, 1.54) is 5.56 Å². The molecular weight excluding hydrogens is 230 g/mol. The monoisotopic (exact) mass is 251 g/mol. The van der Waals surface area contributed by atoms with Crippen molar-refractivity contribution in [2.24, 2.45) is 5.92 Å². The summed E-state index contributed by atoms with van der Waals surface area (Å²) in [6.45, 7) is 4.44. The lowest BCUT2D eigenvalue weighted by Gasteiger charge is -2.12. The average molecular weight is 251 g/mol. The number of hydrogen-bond donors (Lipinski definition) is 3. The van der Waals surface area contributed by atoms with E-state index < -0.39 is 12.1 Å². The second kappa shape index (κ2) is 7.13. The predicted molar refractivity (Wildman–Crippen MR) is 70.4 cm³/mol. The summed E-state index contributed by atoms with van der Waals surface area (Å²) in [4.78, 5) is 10.3. The first kappa shape index (κ1) is 14.7. The number of aliphatic hydroxyl groups is 1. The SMILES string of the molecule is CC(C)Cc1ccc(C(O)CNCC(=O)O)cc1. The molecule has 4 heteroatoms. The fraction of sp³-hybridized carbons (Fsp3) is 0.500. The van der Waals surface area contributed by atoms with Gasteiger partial charge in [-0.05, 0) is 23.5 Å². The van der Waals surface area contributed by atoms with Gasteiger partial charge in [0.25, 0.3) is 0 Å². The van der Waals surface area contributed by atoms with Gasteiger partial charge in [0.15, 0.2) is 0 Å². The van der Waals surface area contributed by atoms with E-state index >= 15 is 0 Å². The normalized spacial score (nSPS) is 12.7. The molecule has 1 unspecified atom stereocenters. The van der Waals surface area contributed by atoms with E-state index in [0.717, 1.165) is 12.0 Å². The van der Waals surface area contributed by atoms with Gasteiger partial charge in [-0.2, -0.15) is 0 Å². The fourth-order valence-corrected chi connectivity index (χ4v) is 1.78. The van der Waals surface area contributed by atoms with Gasteiger partial charge in [0, 0.05) is 6.54 Å². The summed E-state index contributed by atoms with van der Waals surface area (Å²) in [5.74, 6) is -0.313. The van der Waals surface area contributed by atoms with Crippen molar-refractivity contribution in [2.75, 3.05) is 13.1 Å². The van der Waals surface area contributed by atoms with Gasteiger partial charge in [0.2, 0.25) is 0 Å². The summed E-state index contributed by atoms with van der Waals surface area (Å²) in [7, 11) is 0. The van der Waals surface area contributed by atoms with Crippen molar-refractivity contribution < 1.29 is 15.0 Å². The van der Waals surface area contributed by atoms with Crippen molar-refractivity contribution in [3.05, 3.63) is 35.4 Å². The number of carboxylic acid groups (broad SMARTS) is 1. The lowest BCUT2D eigenvalue weighted by molar-refractivity contribution is -0.136. The van der Waals surface area contributed by atoms with Crippen LogP contribution < -0.4 is 5.32 Å². The van der Waals surface area contributed by atoms with Gasteiger partial charge in [-0.3, -0.25) is 4.79 Å². The van der Waals surface area contributed by atoms with E-state index in [4.69, 9.17) is 5.11 Å². The molecule has 100 valence electrons. The molecule has 1 aromatic carbocycles. The lowest BCUT2D eigenvalue weighted by Crippen LogP contribution is -2.27. The van der Waals surface area contributed by atoms with Crippen molar-refractivity contribution in [3.63, 3.8) is 0 Å². The topological polar surface area (TPSA) is 69.6 Å². The van der Waals surface area contributed by atoms with E-state index in [-0.39, 0.29) is 13.1 Å². The van der Waals surface area contributed by atoms with Crippen molar-refractivity contribution in [1.82, 2.24) is 5.32 Å². The first-order valence-electron chi connectivity index (χ1n) is 6.18. The molecule has 0 bridgehead atoms. The second-order valence-electron chi connectivity index (χ2n) is 4.88. The number of nitrogens with one attached hydrogen (secondary N) is 1. The Morgan fingerprint density at radius 3 is 2.39 bits per heavy atom. The van der Waals surface area contributed by atoms with Crippen LogP contribution in [0.4, 0.5) is 0 Å². The highest BCUT2D eigenvalue weighted by Crippen LogP contribution is 2.15. The van der Waals surface area contributed by atoms with Crippen LogP contribution in [0.15, 0.2) is 24.3 Å². The number of rotatable bonds is 7. The zero-order valence-corrected chi connectivity index (χ0v) is 10.9. The highest BCUT2D eigenvalue weighted by molar-refractivity contribution is 5.68. The number of carboxylic acids is 1. The van der Waals surface area contributed by atoms with E-state index in [0.29, 0.717) is 5.92 Å². The zero-order chi connectivity index (χ0) is 13.5. The standard InChI is InChI=1S/C14H21NO3/c1-10(2)7-11-3-5-12(6-4-11)13(16)8-15-9-14(17)18/h3-6,10,13,15-16H,7-9H2,1-2H3,(H,17,18). The summed E-state index contributed by atoms with van der Waals surface area (Å²) in [5.41, 5.74) is 2.06. The quantitative estimate of drug-likeness (QED) is 0.688. The smallest absolute Gasteiger partial charge is 0.317 e. The van der Waals surface area contributed by atoms with Crippen LogP contribution in [-0.4, -0.2) is 29.3 Å². The Labute approximate surface area is 108 Å². The van der Waals surface area contributed by atoms with Crippen LogP contribution in [0.1, 0.15) is 31.1 Å². The van der Waals surface area contributed by atoms with Crippen molar-refractivity contribution in [1.29, 1.82) is 0 Å². The third kappa shape index (κ3) is 5.29. The molecule has 1 rings (SSSR count). The Hall–Kier alpha value is -1.39. The summed E-state index contributed by atoms with van der Waals surface area (Å²) in [5, 5.41) is 21.0. The summed E-state index contributed by atoms with van der Waals surface area (Å²) in [6, 6.07) is 7.81. The first-order valence-corrected chi connectivity index (χ1v) is 6.18. The first-order chi connectivity index (χ1) is 8.49. The van der Waals surface area contributed by atoms with Crippen LogP contribution in [0, 0.1) is 5.92 Å². The van der Waals surface area contributed by atoms with Gasteiger partial charge in [-0.25, -0.2) is 0 Å². The molecule has 0 aromatic heterocycles. The lowest BCUT2D eigenvalue weighted by atomic mass is 10.0. The molecule has 1 aromatic rings. The molecule has 18 heavy (non-hydrogen) atoms. The van der Waals surface area contributed by atoms with Gasteiger partial charge in [0.05, 0.1) is 12.6 Å². The fourth-order valence-electron chi connectivity index (χ4n) is 1.78. The van der Waals surface area contributed by atoms with Crippen LogP contribution in [0.25, 0.3) is 0 Å². The minimum atomic E-state index is -0.922. The van der Waals surface area contributed by atoms with Crippen molar-refractivity contribution in [2.45, 2.75) is 26.4 Å². The number of aliphatic carboxylic acids is 1. The van der Waals surface area contributed by atoms with Crippen molar-refractivity contribution >= 4 is 5.97 Å². The Balaban J connectivity index is 2.48. The molecule has 0 amide bonds. The number of hydrogen-bond acceptors (Lipinski definition) is 3. The predicted octanol–water partition coefficient (Wildman–Crippen LogP) is 1.59. The van der Waals surface area contributed by atoms with Gasteiger partial charge in [0.1, 0.15) is 0 Å². The van der Waals surface area contributed by atoms with E-state index in [1.54, 1.807) is 0 Å². The molecule has 4 nitrogen and oxygen atoms in total. The minimum Gasteiger partial charge on any atom is -0.480 e. The maximum Gasteiger partial charge on any atom is 0.317 e. The molecule has 1 atom stereocenters. The van der Waals surface area contributed by atoms with E-state index in [9.17, 15) is 9.90 Å². The molecule has 0 radical (unpaired) electrons. The van der Waals surface area contributed by atoms with E-state index in [2.05, 4.69) is 19.2 Å². The second-order valence-corrected chi connectivity index (χ2v) is 4.88. The maximum absolute atomic E-state index is 10.3. The van der Waals surface area contributed by atoms with Crippen LogP contribution in [0.5, 0.6) is 0 Å². The summed E-state index contributed by atoms with van der Waals surface area (Å²) < 4.78 is 0. The highest BCUT2D eigenvalue weighted by Gasteiger charge is 2.08. The van der Waals surface area contributed by atoms with Crippen LogP contribution >= 0.6 is 0 Å². The van der Waals surface area contributed by atoms with Crippen LogP contribution in [-0.2, 0) is 11.2 Å². The number of carbonyl (C=O) groups is 1. The van der Waals surface area contributed by atoms with E-state index in [1.807, 2.05) is 24.3 Å². The molecule has 0 fully saturated rings. The third-order valence-corrected chi connectivity index (χ3v) is 2.62. The van der Waals surface area contributed by atoms with Crippen LogP contribution in [0.3, 0.4) is 0 Å². The third-order valence-electron chi connectivity index (χ3n) is 2.62. The Morgan fingerprint density at radius 1 is 1.28 bits per heavy atom. The summed E-state index contributed by atoms with van der Waals surface area (Å²) in [6.07, 6.45) is 0.352. The molecule has 0 saturated carbocycles. The maximum atomic E-state index is 10.3. The Morgan fingerprint density at radius 2 is 1.89 bits per heavy atom. The summed E-state index contributed by atoms with van der Waals surface area (Å²) >= 11 is 0. The Kier molecular flexibility index (Phi) is 5.82. The largest absolute Gasteiger partial charge is 0.480 e. The van der Waals surface area contributed by atoms with Gasteiger partial charge < -0.3 is 15.5 Å². The zero-order valence-electron chi connectivity index (χ0n) is 10.9. The molecule has 0 heterocycles. The number of benzene rings is 1. The molecular formula is C14H21NO3. The highest BCUT2D eigenvalue weighted by atomic mass is 16.4.